The van der Waals surface area contributed by atoms with E-state index in [1.165, 1.54) is 0 Å². The van der Waals surface area contributed by atoms with Crippen molar-refractivity contribution in [2.24, 2.45) is 27.0 Å². The van der Waals surface area contributed by atoms with Gasteiger partial charge in [0.1, 0.15) is 0 Å². The molecule has 5 nitrogen and oxygen atoms in total. The number of nitrogens with zero attached hydrogens (tertiary/aromatic N) is 3. The maximum absolute atomic E-state index is 5.74. The third-order valence-electron chi connectivity index (χ3n) is 2.37. The summed E-state index contributed by atoms with van der Waals surface area (Å²) in [6.07, 6.45) is 0. The van der Waals surface area contributed by atoms with Gasteiger partial charge < -0.3 is 5.73 Å². The molecule has 0 unspecified atom stereocenters. The number of hydrazone groups is 1. The van der Waals surface area contributed by atoms with Crippen LogP contribution in [0.15, 0.2) is 45.6 Å². The van der Waals surface area contributed by atoms with E-state index in [0.29, 0.717) is 11.5 Å². The van der Waals surface area contributed by atoms with E-state index in [4.69, 9.17) is 5.73 Å². The first-order valence-electron chi connectivity index (χ1n) is 5.49. The lowest BCUT2D eigenvalue weighted by molar-refractivity contribution is 0.890. The van der Waals surface area contributed by atoms with Crippen molar-refractivity contribution < 1.29 is 0 Å². The number of para-hydroxylation sites is 1. The zero-order valence-electron chi connectivity index (χ0n) is 9.88. The number of nitrogens with two attached hydrogens (primary N) is 1. The van der Waals surface area contributed by atoms with Gasteiger partial charge in [-0.3, -0.25) is 5.43 Å². The highest BCUT2D eigenvalue weighted by atomic mass is 15.3. The predicted octanol–water partition coefficient (Wildman–Crippen LogP) is 1.84. The van der Waals surface area contributed by atoms with E-state index in [-0.39, 0.29) is 5.92 Å². The monoisotopic (exact) mass is 229 g/mol. The van der Waals surface area contributed by atoms with Gasteiger partial charge in [-0.25, -0.2) is 0 Å². The van der Waals surface area contributed by atoms with Crippen LogP contribution in [0.2, 0.25) is 0 Å². The Kier molecular flexibility index (Phi) is 3.18. The summed E-state index contributed by atoms with van der Waals surface area (Å²) >= 11 is 0. The van der Waals surface area contributed by atoms with E-state index < -0.39 is 0 Å². The molecular weight excluding hydrogens is 214 g/mol. The molecule has 1 heterocycles. The van der Waals surface area contributed by atoms with Crippen LogP contribution in [0.4, 0.5) is 5.69 Å². The second kappa shape index (κ2) is 4.78. The molecule has 3 N–H and O–H groups in total. The van der Waals surface area contributed by atoms with Crippen LogP contribution in [0.3, 0.4) is 0 Å². The number of anilines is 1. The van der Waals surface area contributed by atoms with Crippen molar-refractivity contribution >= 4 is 22.9 Å². The summed E-state index contributed by atoms with van der Waals surface area (Å²) in [5, 5.41) is 12.1. The predicted molar refractivity (Wildman–Crippen MR) is 71.4 cm³/mol. The van der Waals surface area contributed by atoms with Gasteiger partial charge in [0.15, 0.2) is 11.5 Å². The summed E-state index contributed by atoms with van der Waals surface area (Å²) in [4.78, 5) is 0. The van der Waals surface area contributed by atoms with Gasteiger partial charge in [0.2, 0.25) is 0 Å². The first kappa shape index (κ1) is 11.3. The highest BCUT2D eigenvalue weighted by molar-refractivity contribution is 6.69. The standard InChI is InChI=1S/C12H15N5/c1-8(2)10-11(12(13)17-15-10)16-14-9-6-4-3-5-7-9/h3-8,14H,1-2H3,(H2,13,16,17). The number of hydrogen-bond donors (Lipinski definition) is 2. The van der Waals surface area contributed by atoms with E-state index in [2.05, 4.69) is 20.7 Å². The smallest absolute Gasteiger partial charge is 0.175 e. The molecule has 0 spiro atoms. The molecule has 0 radical (unpaired) electrons. The lowest BCUT2D eigenvalue weighted by Gasteiger charge is -2.06. The zero-order valence-corrected chi connectivity index (χ0v) is 9.88. The minimum Gasteiger partial charge on any atom is -0.380 e. The molecule has 0 aliphatic carbocycles. The van der Waals surface area contributed by atoms with Crippen molar-refractivity contribution in [1.29, 1.82) is 0 Å². The Hall–Kier alpha value is -2.17. The molecular formula is C12H15N5. The van der Waals surface area contributed by atoms with Crippen LogP contribution in [-0.2, 0) is 0 Å². The van der Waals surface area contributed by atoms with Gasteiger partial charge >= 0.3 is 0 Å². The fourth-order valence-corrected chi connectivity index (χ4v) is 1.47. The van der Waals surface area contributed by atoms with E-state index in [0.717, 1.165) is 11.4 Å². The number of amidine groups is 1. The first-order chi connectivity index (χ1) is 8.18. The Morgan fingerprint density at radius 1 is 1.18 bits per heavy atom. The summed E-state index contributed by atoms with van der Waals surface area (Å²) in [6, 6.07) is 9.68. The molecule has 2 rings (SSSR count). The van der Waals surface area contributed by atoms with Crippen molar-refractivity contribution in [3.63, 3.8) is 0 Å². The zero-order chi connectivity index (χ0) is 12.3. The largest absolute Gasteiger partial charge is 0.380 e. The average Bonchev–Trinajstić information content (AvgIpc) is 2.69. The Bertz CT molecular complexity index is 485. The summed E-state index contributed by atoms with van der Waals surface area (Å²) < 4.78 is 0. The fourth-order valence-electron chi connectivity index (χ4n) is 1.47. The Balaban J connectivity index is 2.16. The number of rotatable bonds is 3. The molecule has 0 aromatic heterocycles. The Labute approximate surface area is 100 Å². The molecule has 1 aliphatic rings. The van der Waals surface area contributed by atoms with Crippen molar-refractivity contribution in [3.05, 3.63) is 30.3 Å². The maximum Gasteiger partial charge on any atom is 0.175 e. The van der Waals surface area contributed by atoms with Gasteiger partial charge in [-0.15, -0.1) is 5.10 Å². The van der Waals surface area contributed by atoms with Crippen LogP contribution in [0.25, 0.3) is 0 Å². The topological polar surface area (TPSA) is 75.1 Å². The molecule has 0 bridgehead atoms. The fraction of sp³-hybridized carbons (Fsp3) is 0.250. The quantitative estimate of drug-likeness (QED) is 0.776. The van der Waals surface area contributed by atoms with Crippen LogP contribution >= 0.6 is 0 Å². The van der Waals surface area contributed by atoms with Gasteiger partial charge in [0.05, 0.1) is 11.4 Å². The second-order valence-corrected chi connectivity index (χ2v) is 4.06. The molecule has 5 heteroatoms. The molecule has 17 heavy (non-hydrogen) atoms. The van der Waals surface area contributed by atoms with E-state index >= 15 is 0 Å². The van der Waals surface area contributed by atoms with E-state index in [1.54, 1.807) is 0 Å². The highest BCUT2D eigenvalue weighted by Crippen LogP contribution is 2.09. The van der Waals surface area contributed by atoms with Crippen molar-refractivity contribution in [2.75, 3.05) is 5.43 Å². The highest BCUT2D eigenvalue weighted by Gasteiger charge is 2.22. The van der Waals surface area contributed by atoms with Crippen LogP contribution in [-0.4, -0.2) is 17.3 Å². The lowest BCUT2D eigenvalue weighted by Crippen LogP contribution is -2.30. The van der Waals surface area contributed by atoms with Crippen molar-refractivity contribution in [3.8, 4) is 0 Å². The minimum absolute atomic E-state index is 0.246. The lowest BCUT2D eigenvalue weighted by atomic mass is 10.0. The molecule has 0 saturated heterocycles. The molecule has 0 fully saturated rings. The van der Waals surface area contributed by atoms with Gasteiger partial charge in [0.25, 0.3) is 0 Å². The minimum atomic E-state index is 0.246. The summed E-state index contributed by atoms with van der Waals surface area (Å²) in [5.41, 5.74) is 11.0. The molecule has 0 atom stereocenters. The van der Waals surface area contributed by atoms with Crippen LogP contribution in [0.5, 0.6) is 0 Å². The summed E-state index contributed by atoms with van der Waals surface area (Å²) in [7, 11) is 0. The molecule has 1 aromatic rings. The number of nitrogens with one attached hydrogen (secondary N) is 1. The SMILES string of the molecule is CC(C)C1=NN=C(N)/C1=N/Nc1ccccc1. The van der Waals surface area contributed by atoms with Gasteiger partial charge in [0, 0.05) is 0 Å². The third kappa shape index (κ3) is 2.50. The summed E-state index contributed by atoms with van der Waals surface area (Å²) in [5.74, 6) is 0.605. The molecule has 0 saturated carbocycles. The second-order valence-electron chi connectivity index (χ2n) is 4.06. The summed E-state index contributed by atoms with van der Waals surface area (Å²) in [6.45, 7) is 4.07. The Morgan fingerprint density at radius 2 is 1.88 bits per heavy atom. The van der Waals surface area contributed by atoms with Gasteiger partial charge in [-0.05, 0) is 18.1 Å². The number of benzene rings is 1. The van der Waals surface area contributed by atoms with E-state index in [1.807, 2.05) is 44.2 Å². The molecule has 88 valence electrons. The van der Waals surface area contributed by atoms with Crippen molar-refractivity contribution in [2.45, 2.75) is 13.8 Å². The molecule has 1 aliphatic heterocycles. The van der Waals surface area contributed by atoms with Gasteiger partial charge in [-0.2, -0.15) is 10.2 Å². The Morgan fingerprint density at radius 3 is 2.53 bits per heavy atom. The van der Waals surface area contributed by atoms with Crippen LogP contribution < -0.4 is 11.2 Å². The third-order valence-corrected chi connectivity index (χ3v) is 2.37. The average molecular weight is 229 g/mol. The van der Waals surface area contributed by atoms with E-state index in [9.17, 15) is 0 Å². The normalized spacial score (nSPS) is 17.2. The van der Waals surface area contributed by atoms with Crippen LogP contribution in [0.1, 0.15) is 13.8 Å². The first-order valence-corrected chi connectivity index (χ1v) is 5.49. The molecule has 1 aromatic carbocycles. The molecule has 0 amide bonds. The van der Waals surface area contributed by atoms with Crippen LogP contribution in [0, 0.1) is 5.92 Å². The number of hydrogen-bond acceptors (Lipinski definition) is 5. The van der Waals surface area contributed by atoms with Gasteiger partial charge in [-0.1, -0.05) is 32.0 Å². The maximum atomic E-state index is 5.74. The van der Waals surface area contributed by atoms with Crippen molar-refractivity contribution in [1.82, 2.24) is 0 Å².